The van der Waals surface area contributed by atoms with Crippen molar-refractivity contribution in [3.8, 4) is 0 Å². The number of nitrogens with one attached hydrogen (secondary N) is 1. The molecule has 20 heavy (non-hydrogen) atoms. The Kier molecular flexibility index (Phi) is 3.75. The van der Waals surface area contributed by atoms with Crippen LogP contribution in [0.2, 0.25) is 0 Å². The van der Waals surface area contributed by atoms with E-state index in [0.29, 0.717) is 0 Å². The van der Waals surface area contributed by atoms with Gasteiger partial charge in [-0.2, -0.15) is 0 Å². The molecule has 2 aromatic rings. The number of carbonyl (C=O) groups excluding carboxylic acids is 1. The summed E-state index contributed by atoms with van der Waals surface area (Å²) in [5.41, 5.74) is 0.792. The Hall–Kier alpha value is -2.75. The Morgan fingerprint density at radius 3 is 2.75 bits per heavy atom. The number of nitrogen functional groups attached to an aromatic ring is 1. The van der Waals surface area contributed by atoms with E-state index < -0.39 is 17.0 Å². The van der Waals surface area contributed by atoms with Crippen molar-refractivity contribution in [2.24, 2.45) is 12.9 Å². The van der Waals surface area contributed by atoms with Gasteiger partial charge in [-0.15, -0.1) is 5.10 Å². The predicted octanol–water partition coefficient (Wildman–Crippen LogP) is -2.56. The highest BCUT2D eigenvalue weighted by Gasteiger charge is 2.09. The third kappa shape index (κ3) is 2.64. The lowest BCUT2D eigenvalue weighted by atomic mass is 10.4. The highest BCUT2D eigenvalue weighted by atomic mass is 16.2. The fraction of sp³-hybridized carbons (Fsp3) is 0.300. The van der Waals surface area contributed by atoms with Gasteiger partial charge in [-0.1, -0.05) is 5.21 Å². The molecule has 0 fully saturated rings. The largest absolute Gasteiger partial charge is 0.316 e. The van der Waals surface area contributed by atoms with Crippen LogP contribution in [0.5, 0.6) is 0 Å². The first kappa shape index (κ1) is 13.7. The van der Waals surface area contributed by atoms with Gasteiger partial charge in [0.05, 0.1) is 12.7 Å². The first-order valence-corrected chi connectivity index (χ1v) is 5.70. The molecular weight excluding hydrogens is 266 g/mol. The van der Waals surface area contributed by atoms with E-state index in [1.165, 1.54) is 39.5 Å². The van der Waals surface area contributed by atoms with Crippen LogP contribution in [0.4, 0.5) is 0 Å². The summed E-state index contributed by atoms with van der Waals surface area (Å²) >= 11 is 0. The standard InChI is InChI=1S/C10H13N7O3/c1-15-2-3-16(10(20)9(15)19)4-5-17-6-7(13-14-17)8(18)12-11/h2-3,6H,4-5,11H2,1H3,(H,12,18). The summed E-state index contributed by atoms with van der Waals surface area (Å²) in [7, 11) is 1.50. The first-order valence-electron chi connectivity index (χ1n) is 5.70. The monoisotopic (exact) mass is 279 g/mol. The van der Waals surface area contributed by atoms with Gasteiger partial charge in [0.25, 0.3) is 5.91 Å². The molecule has 106 valence electrons. The summed E-state index contributed by atoms with van der Waals surface area (Å²) in [5.74, 6) is 4.42. The molecule has 0 aliphatic rings. The van der Waals surface area contributed by atoms with Gasteiger partial charge in [0.1, 0.15) is 0 Å². The maximum absolute atomic E-state index is 11.7. The highest BCUT2D eigenvalue weighted by molar-refractivity contribution is 5.91. The number of hydrogen-bond donors (Lipinski definition) is 2. The van der Waals surface area contributed by atoms with Crippen molar-refractivity contribution >= 4 is 5.91 Å². The van der Waals surface area contributed by atoms with Crippen molar-refractivity contribution in [2.75, 3.05) is 0 Å². The fourth-order valence-corrected chi connectivity index (χ4v) is 1.56. The highest BCUT2D eigenvalue weighted by Crippen LogP contribution is 1.93. The number of aromatic nitrogens is 5. The molecule has 2 rings (SSSR count). The maximum Gasteiger partial charge on any atom is 0.316 e. The Morgan fingerprint density at radius 2 is 2.05 bits per heavy atom. The van der Waals surface area contributed by atoms with Gasteiger partial charge in [-0.05, 0) is 0 Å². The second-order valence-electron chi connectivity index (χ2n) is 4.05. The van der Waals surface area contributed by atoms with E-state index in [-0.39, 0.29) is 18.8 Å². The summed E-state index contributed by atoms with van der Waals surface area (Å²) in [6.45, 7) is 0.528. The van der Waals surface area contributed by atoms with E-state index in [4.69, 9.17) is 5.84 Å². The molecule has 0 bridgehead atoms. The van der Waals surface area contributed by atoms with Crippen molar-refractivity contribution in [3.05, 3.63) is 45.0 Å². The first-order chi connectivity index (χ1) is 9.52. The minimum absolute atomic E-state index is 0.0730. The van der Waals surface area contributed by atoms with Gasteiger partial charge >= 0.3 is 11.1 Å². The lowest BCUT2D eigenvalue weighted by molar-refractivity contribution is 0.0948. The van der Waals surface area contributed by atoms with Crippen LogP contribution in [0, 0.1) is 0 Å². The molecule has 10 nitrogen and oxygen atoms in total. The summed E-state index contributed by atoms with van der Waals surface area (Å²) < 4.78 is 3.86. The second-order valence-corrected chi connectivity index (χ2v) is 4.05. The normalized spacial score (nSPS) is 10.5. The Morgan fingerprint density at radius 1 is 1.30 bits per heavy atom. The van der Waals surface area contributed by atoms with Crippen molar-refractivity contribution < 1.29 is 4.79 Å². The van der Waals surface area contributed by atoms with Crippen molar-refractivity contribution in [1.29, 1.82) is 0 Å². The average Bonchev–Trinajstić information content (AvgIpc) is 2.92. The minimum atomic E-state index is -0.616. The number of nitrogens with two attached hydrogens (primary N) is 1. The second kappa shape index (κ2) is 5.48. The predicted molar refractivity (Wildman–Crippen MR) is 67.6 cm³/mol. The van der Waals surface area contributed by atoms with Crippen LogP contribution in [-0.2, 0) is 20.1 Å². The molecule has 0 spiro atoms. The molecule has 0 aromatic carbocycles. The zero-order valence-electron chi connectivity index (χ0n) is 10.7. The van der Waals surface area contributed by atoms with Gasteiger partial charge in [-0.25, -0.2) is 10.5 Å². The molecule has 0 unspecified atom stereocenters. The van der Waals surface area contributed by atoms with Gasteiger partial charge in [0, 0.05) is 26.0 Å². The summed E-state index contributed by atoms with van der Waals surface area (Å²) in [4.78, 5) is 34.3. The third-order valence-corrected chi connectivity index (χ3v) is 2.71. The van der Waals surface area contributed by atoms with Crippen LogP contribution in [-0.4, -0.2) is 30.0 Å². The maximum atomic E-state index is 11.7. The topological polar surface area (TPSA) is 130 Å². The molecule has 0 atom stereocenters. The van der Waals surface area contributed by atoms with Crippen molar-refractivity contribution in [2.45, 2.75) is 13.1 Å². The summed E-state index contributed by atoms with van der Waals surface area (Å²) in [5, 5.41) is 7.34. The summed E-state index contributed by atoms with van der Waals surface area (Å²) in [6, 6.07) is 0. The van der Waals surface area contributed by atoms with Crippen LogP contribution < -0.4 is 22.4 Å². The molecule has 0 aliphatic carbocycles. The molecule has 1 amide bonds. The van der Waals surface area contributed by atoms with E-state index in [2.05, 4.69) is 10.3 Å². The average molecular weight is 279 g/mol. The smallest absolute Gasteiger partial charge is 0.312 e. The number of hydrogen-bond acceptors (Lipinski definition) is 6. The number of rotatable bonds is 4. The van der Waals surface area contributed by atoms with Crippen LogP contribution >= 0.6 is 0 Å². The molecule has 0 aliphatic heterocycles. The van der Waals surface area contributed by atoms with Gasteiger partial charge in [0.2, 0.25) is 0 Å². The molecule has 2 heterocycles. The lowest BCUT2D eigenvalue weighted by Crippen LogP contribution is -2.40. The quantitative estimate of drug-likeness (QED) is 0.274. The molecule has 0 saturated heterocycles. The summed E-state index contributed by atoms with van der Waals surface area (Å²) in [6.07, 6.45) is 4.40. The molecule has 0 radical (unpaired) electrons. The van der Waals surface area contributed by atoms with Gasteiger partial charge in [0.15, 0.2) is 5.69 Å². The lowest BCUT2D eigenvalue weighted by Gasteiger charge is -2.05. The molecule has 2 aromatic heterocycles. The van der Waals surface area contributed by atoms with Crippen LogP contribution in [0.15, 0.2) is 28.2 Å². The SMILES string of the molecule is Cn1ccn(CCn2cc(C(=O)NN)nn2)c(=O)c1=O. The number of carbonyl (C=O) groups is 1. The van der Waals surface area contributed by atoms with Crippen molar-refractivity contribution in [1.82, 2.24) is 29.6 Å². The Balaban J connectivity index is 2.12. The number of aryl methyl sites for hydroxylation is 3. The fourth-order valence-electron chi connectivity index (χ4n) is 1.56. The number of amides is 1. The van der Waals surface area contributed by atoms with Crippen LogP contribution in [0.25, 0.3) is 0 Å². The zero-order valence-corrected chi connectivity index (χ0v) is 10.7. The molecule has 3 N–H and O–H groups in total. The van der Waals surface area contributed by atoms with Gasteiger partial charge in [-0.3, -0.25) is 19.8 Å². The van der Waals surface area contributed by atoms with E-state index in [1.54, 1.807) is 0 Å². The van der Waals surface area contributed by atoms with E-state index in [0.717, 1.165) is 0 Å². The molecule has 0 saturated carbocycles. The number of nitrogens with zero attached hydrogens (tertiary/aromatic N) is 5. The van der Waals surface area contributed by atoms with Crippen molar-refractivity contribution in [3.63, 3.8) is 0 Å². The van der Waals surface area contributed by atoms with E-state index in [9.17, 15) is 14.4 Å². The third-order valence-electron chi connectivity index (χ3n) is 2.71. The zero-order chi connectivity index (χ0) is 14.7. The molecular formula is C10H13N7O3. The van der Waals surface area contributed by atoms with E-state index >= 15 is 0 Å². The number of hydrazine groups is 1. The Labute approximate surface area is 112 Å². The molecule has 10 heteroatoms. The van der Waals surface area contributed by atoms with Gasteiger partial charge < -0.3 is 9.13 Å². The van der Waals surface area contributed by atoms with Crippen LogP contribution in [0.1, 0.15) is 10.5 Å². The Bertz CT molecular complexity index is 742. The van der Waals surface area contributed by atoms with E-state index in [1.807, 2.05) is 5.43 Å². The van der Waals surface area contributed by atoms with Crippen LogP contribution in [0.3, 0.4) is 0 Å². The minimum Gasteiger partial charge on any atom is -0.312 e.